The number of anilines is 1. The van der Waals surface area contributed by atoms with Gasteiger partial charge in [0.15, 0.2) is 0 Å². The lowest BCUT2D eigenvalue weighted by Crippen LogP contribution is -2.28. The van der Waals surface area contributed by atoms with Crippen LogP contribution >= 0.6 is 11.6 Å². The van der Waals surface area contributed by atoms with Crippen molar-refractivity contribution in [2.24, 2.45) is 0 Å². The summed E-state index contributed by atoms with van der Waals surface area (Å²) in [6.07, 6.45) is 5.13. The molecule has 4 nitrogen and oxygen atoms in total. The highest BCUT2D eigenvalue weighted by Crippen LogP contribution is 2.21. The molecule has 1 fully saturated rings. The number of amides is 1. The molecule has 0 aromatic heterocycles. The fourth-order valence-corrected chi connectivity index (χ4v) is 2.46. The van der Waals surface area contributed by atoms with Gasteiger partial charge < -0.3 is 15.8 Å². The lowest BCUT2D eigenvalue weighted by Gasteiger charge is -2.12. The second kappa shape index (κ2) is 6.78. The molecular formula is C14H19ClN2O2. The van der Waals surface area contributed by atoms with Crippen LogP contribution in [-0.2, 0) is 4.74 Å². The summed E-state index contributed by atoms with van der Waals surface area (Å²) >= 11 is 5.96. The Balaban J connectivity index is 1.75. The summed E-state index contributed by atoms with van der Waals surface area (Å²) in [5.74, 6) is -0.215. The highest BCUT2D eigenvalue weighted by molar-refractivity contribution is 6.34. The number of ether oxygens (including phenoxy) is 1. The van der Waals surface area contributed by atoms with Gasteiger partial charge in [-0.05, 0) is 31.0 Å². The van der Waals surface area contributed by atoms with Crippen LogP contribution in [0.15, 0.2) is 18.2 Å². The fourth-order valence-electron chi connectivity index (χ4n) is 2.26. The molecule has 3 N–H and O–H groups in total. The Morgan fingerprint density at radius 3 is 2.89 bits per heavy atom. The highest BCUT2D eigenvalue weighted by atomic mass is 35.5. The number of benzene rings is 1. The quantitative estimate of drug-likeness (QED) is 0.644. The van der Waals surface area contributed by atoms with Gasteiger partial charge in [0.1, 0.15) is 0 Å². The minimum atomic E-state index is -0.215. The molecule has 0 radical (unpaired) electrons. The maximum Gasteiger partial charge on any atom is 0.252 e. The van der Waals surface area contributed by atoms with E-state index in [0.29, 0.717) is 35.5 Å². The molecule has 19 heavy (non-hydrogen) atoms. The number of nitrogens with two attached hydrogens (primary N) is 1. The molecule has 1 aromatic carbocycles. The second-order valence-electron chi connectivity index (χ2n) is 4.77. The molecule has 1 saturated carbocycles. The van der Waals surface area contributed by atoms with E-state index in [9.17, 15) is 4.79 Å². The van der Waals surface area contributed by atoms with Crippen molar-refractivity contribution in [3.63, 3.8) is 0 Å². The molecule has 1 aromatic rings. The van der Waals surface area contributed by atoms with Crippen LogP contribution in [0, 0.1) is 0 Å². The van der Waals surface area contributed by atoms with E-state index in [1.165, 1.54) is 12.8 Å². The van der Waals surface area contributed by atoms with Gasteiger partial charge in [-0.25, -0.2) is 0 Å². The first-order valence-electron chi connectivity index (χ1n) is 6.61. The van der Waals surface area contributed by atoms with E-state index in [1.54, 1.807) is 18.2 Å². The minimum absolute atomic E-state index is 0.215. The van der Waals surface area contributed by atoms with E-state index in [2.05, 4.69) is 5.32 Å². The summed E-state index contributed by atoms with van der Waals surface area (Å²) in [7, 11) is 0. The number of rotatable bonds is 5. The van der Waals surface area contributed by atoms with Crippen LogP contribution in [0.25, 0.3) is 0 Å². The number of hydrogen-bond donors (Lipinski definition) is 2. The van der Waals surface area contributed by atoms with Crippen LogP contribution in [-0.4, -0.2) is 25.2 Å². The average Bonchev–Trinajstić information content (AvgIpc) is 2.90. The minimum Gasteiger partial charge on any atom is -0.399 e. The molecule has 104 valence electrons. The third kappa shape index (κ3) is 4.11. The molecule has 0 bridgehead atoms. The summed E-state index contributed by atoms with van der Waals surface area (Å²) in [5.41, 5.74) is 6.57. The number of nitrogen functional groups attached to an aromatic ring is 1. The first-order chi connectivity index (χ1) is 9.16. The zero-order chi connectivity index (χ0) is 13.7. The molecule has 1 aliphatic carbocycles. The third-order valence-corrected chi connectivity index (χ3v) is 3.61. The van der Waals surface area contributed by atoms with E-state index in [-0.39, 0.29) is 5.91 Å². The second-order valence-corrected chi connectivity index (χ2v) is 5.18. The van der Waals surface area contributed by atoms with Crippen LogP contribution in [0.4, 0.5) is 5.69 Å². The van der Waals surface area contributed by atoms with Crippen LogP contribution in [0.3, 0.4) is 0 Å². The maximum atomic E-state index is 11.9. The lowest BCUT2D eigenvalue weighted by molar-refractivity contribution is 0.0582. The van der Waals surface area contributed by atoms with E-state index in [4.69, 9.17) is 22.1 Å². The molecule has 1 aliphatic rings. The molecule has 0 spiro atoms. The largest absolute Gasteiger partial charge is 0.399 e. The average molecular weight is 283 g/mol. The van der Waals surface area contributed by atoms with Crippen molar-refractivity contribution in [2.75, 3.05) is 18.9 Å². The zero-order valence-electron chi connectivity index (χ0n) is 10.8. The van der Waals surface area contributed by atoms with Gasteiger partial charge in [-0.2, -0.15) is 0 Å². The summed E-state index contributed by atoms with van der Waals surface area (Å²) in [5, 5.41) is 3.19. The van der Waals surface area contributed by atoms with E-state index < -0.39 is 0 Å². The zero-order valence-corrected chi connectivity index (χ0v) is 11.6. The Kier molecular flexibility index (Phi) is 5.05. The molecule has 0 saturated heterocycles. The Morgan fingerprint density at radius 1 is 1.42 bits per heavy atom. The Bertz CT molecular complexity index is 445. The van der Waals surface area contributed by atoms with Crippen LogP contribution in [0.2, 0.25) is 5.02 Å². The van der Waals surface area contributed by atoms with Crippen LogP contribution < -0.4 is 11.1 Å². The smallest absolute Gasteiger partial charge is 0.252 e. The van der Waals surface area contributed by atoms with Crippen molar-refractivity contribution in [2.45, 2.75) is 31.8 Å². The molecule has 0 atom stereocenters. The van der Waals surface area contributed by atoms with Crippen molar-refractivity contribution in [3.05, 3.63) is 28.8 Å². The topological polar surface area (TPSA) is 64.4 Å². The van der Waals surface area contributed by atoms with Gasteiger partial charge >= 0.3 is 0 Å². The summed E-state index contributed by atoms with van der Waals surface area (Å²) in [6.45, 7) is 1.02. The van der Waals surface area contributed by atoms with Gasteiger partial charge in [-0.15, -0.1) is 0 Å². The van der Waals surface area contributed by atoms with E-state index >= 15 is 0 Å². The molecular weight excluding hydrogens is 264 g/mol. The van der Waals surface area contributed by atoms with Gasteiger partial charge in [0, 0.05) is 12.2 Å². The SMILES string of the molecule is Nc1ccc(Cl)c(C(=O)NCCOC2CCCC2)c1. The highest BCUT2D eigenvalue weighted by Gasteiger charge is 2.15. The predicted octanol–water partition coefficient (Wildman–Crippen LogP) is 2.61. The Hall–Kier alpha value is -1.26. The van der Waals surface area contributed by atoms with Crippen molar-refractivity contribution in [3.8, 4) is 0 Å². The Labute approximate surface area is 118 Å². The van der Waals surface area contributed by atoms with E-state index in [0.717, 1.165) is 12.8 Å². The molecule has 2 rings (SSSR count). The molecule has 0 unspecified atom stereocenters. The van der Waals surface area contributed by atoms with Crippen LogP contribution in [0.5, 0.6) is 0 Å². The van der Waals surface area contributed by atoms with Crippen molar-refractivity contribution < 1.29 is 9.53 Å². The number of carbonyl (C=O) groups excluding carboxylic acids is 1. The number of carbonyl (C=O) groups is 1. The fraction of sp³-hybridized carbons (Fsp3) is 0.500. The predicted molar refractivity (Wildman–Crippen MR) is 76.4 cm³/mol. The first-order valence-corrected chi connectivity index (χ1v) is 6.99. The van der Waals surface area contributed by atoms with Gasteiger partial charge in [0.05, 0.1) is 23.3 Å². The maximum absolute atomic E-state index is 11.9. The van der Waals surface area contributed by atoms with Crippen molar-refractivity contribution in [1.82, 2.24) is 5.32 Å². The van der Waals surface area contributed by atoms with Crippen LogP contribution in [0.1, 0.15) is 36.0 Å². The van der Waals surface area contributed by atoms with E-state index in [1.807, 2.05) is 0 Å². The number of hydrogen-bond acceptors (Lipinski definition) is 3. The molecule has 1 amide bonds. The first kappa shape index (κ1) is 14.2. The normalized spacial score (nSPS) is 15.6. The number of nitrogens with one attached hydrogen (secondary N) is 1. The van der Waals surface area contributed by atoms with Gasteiger partial charge in [-0.3, -0.25) is 4.79 Å². The van der Waals surface area contributed by atoms with Crippen molar-refractivity contribution in [1.29, 1.82) is 0 Å². The molecule has 5 heteroatoms. The van der Waals surface area contributed by atoms with Gasteiger partial charge in [0.2, 0.25) is 0 Å². The summed E-state index contributed by atoms with van der Waals surface area (Å²) < 4.78 is 5.67. The third-order valence-electron chi connectivity index (χ3n) is 3.28. The van der Waals surface area contributed by atoms with Gasteiger partial charge in [-0.1, -0.05) is 24.4 Å². The van der Waals surface area contributed by atoms with Gasteiger partial charge in [0.25, 0.3) is 5.91 Å². The molecule has 0 aliphatic heterocycles. The molecule has 0 heterocycles. The monoisotopic (exact) mass is 282 g/mol. The number of halogens is 1. The standard InChI is InChI=1S/C14H19ClN2O2/c15-13-6-5-10(16)9-12(13)14(18)17-7-8-19-11-3-1-2-4-11/h5-6,9,11H,1-4,7-8,16H2,(H,17,18). The van der Waals surface area contributed by atoms with Crippen molar-refractivity contribution >= 4 is 23.2 Å². The lowest BCUT2D eigenvalue weighted by atomic mass is 10.2. The summed E-state index contributed by atoms with van der Waals surface area (Å²) in [4.78, 5) is 11.9. The Morgan fingerprint density at radius 2 is 2.16 bits per heavy atom. The summed E-state index contributed by atoms with van der Waals surface area (Å²) in [6, 6.07) is 4.87.